The van der Waals surface area contributed by atoms with Crippen LogP contribution >= 0.6 is 0 Å². The van der Waals surface area contributed by atoms with E-state index in [1.807, 2.05) is 0 Å². The first-order valence-electron chi connectivity index (χ1n) is 4.87. The molecule has 0 aliphatic heterocycles. The average molecular weight is 248 g/mol. The van der Waals surface area contributed by atoms with E-state index in [4.69, 9.17) is 9.63 Å². The molecule has 0 aliphatic rings. The molecule has 92 valence electrons. The van der Waals surface area contributed by atoms with E-state index in [1.165, 1.54) is 18.5 Å². The Hall–Kier alpha value is -2.77. The van der Waals surface area contributed by atoms with Crippen molar-refractivity contribution in [3.63, 3.8) is 0 Å². The first-order valence-corrected chi connectivity index (χ1v) is 4.87. The number of anilines is 1. The third-order valence-electron chi connectivity index (χ3n) is 1.98. The van der Waals surface area contributed by atoms with Gasteiger partial charge < -0.3 is 14.9 Å². The molecule has 0 radical (unpaired) electrons. The number of nitrogens with one attached hydrogen (secondary N) is 1. The number of carboxylic acid groups (broad SMARTS) is 1. The molecule has 0 unspecified atom stereocenters. The van der Waals surface area contributed by atoms with E-state index >= 15 is 0 Å². The lowest BCUT2D eigenvalue weighted by molar-refractivity contribution is 0.0691. The normalized spacial score (nSPS) is 10.1. The molecule has 0 aromatic carbocycles. The number of hydrogen-bond acceptors (Lipinski definition) is 6. The van der Waals surface area contributed by atoms with Crippen molar-refractivity contribution in [3.05, 3.63) is 35.6 Å². The van der Waals surface area contributed by atoms with Gasteiger partial charge in [-0.2, -0.15) is 0 Å². The van der Waals surface area contributed by atoms with E-state index in [2.05, 4.69) is 20.4 Å². The fourth-order valence-corrected chi connectivity index (χ4v) is 1.23. The monoisotopic (exact) mass is 248 g/mol. The van der Waals surface area contributed by atoms with Gasteiger partial charge in [-0.3, -0.25) is 4.79 Å². The highest BCUT2D eigenvalue weighted by molar-refractivity contribution is 6.04. The number of aryl methyl sites for hydroxylation is 1. The highest BCUT2D eigenvalue weighted by atomic mass is 16.5. The molecule has 2 N–H and O–H groups in total. The Labute approximate surface area is 101 Å². The van der Waals surface area contributed by atoms with Crippen LogP contribution in [0.3, 0.4) is 0 Å². The molecule has 2 rings (SSSR count). The van der Waals surface area contributed by atoms with Crippen LogP contribution in [-0.4, -0.2) is 32.1 Å². The van der Waals surface area contributed by atoms with Crippen LogP contribution in [0, 0.1) is 6.92 Å². The van der Waals surface area contributed by atoms with Gasteiger partial charge in [0.15, 0.2) is 11.5 Å². The van der Waals surface area contributed by atoms with Crippen molar-refractivity contribution in [2.24, 2.45) is 0 Å². The summed E-state index contributed by atoms with van der Waals surface area (Å²) < 4.78 is 4.74. The van der Waals surface area contributed by atoms with Crippen LogP contribution in [0.1, 0.15) is 26.7 Å². The second-order valence-electron chi connectivity index (χ2n) is 3.35. The summed E-state index contributed by atoms with van der Waals surface area (Å²) in [4.78, 5) is 29.9. The molecule has 2 heterocycles. The zero-order valence-electron chi connectivity index (χ0n) is 9.25. The van der Waals surface area contributed by atoms with Crippen LogP contribution in [0.15, 0.2) is 23.0 Å². The minimum atomic E-state index is -1.29. The lowest BCUT2D eigenvalue weighted by Crippen LogP contribution is -2.16. The summed E-state index contributed by atoms with van der Waals surface area (Å²) in [6, 6.07) is 1.42. The number of aromatic carboxylic acids is 1. The third kappa shape index (κ3) is 2.32. The number of nitrogens with zero attached hydrogens (tertiary/aromatic N) is 3. The fourth-order valence-electron chi connectivity index (χ4n) is 1.23. The summed E-state index contributed by atoms with van der Waals surface area (Å²) in [5.41, 5.74) is 0.194. The van der Waals surface area contributed by atoms with E-state index < -0.39 is 11.9 Å². The average Bonchev–Trinajstić information content (AvgIpc) is 2.76. The van der Waals surface area contributed by atoms with Gasteiger partial charge in [-0.25, -0.2) is 14.8 Å². The molecule has 0 fully saturated rings. The highest BCUT2D eigenvalue weighted by Crippen LogP contribution is 2.11. The van der Waals surface area contributed by atoms with E-state index in [0.29, 0.717) is 5.69 Å². The van der Waals surface area contributed by atoms with Gasteiger partial charge in [-0.1, -0.05) is 5.16 Å². The lowest BCUT2D eigenvalue weighted by Gasteiger charge is -2.03. The van der Waals surface area contributed by atoms with Gasteiger partial charge in [0.1, 0.15) is 0 Å². The molecule has 0 spiro atoms. The van der Waals surface area contributed by atoms with Gasteiger partial charge in [0.05, 0.1) is 5.69 Å². The Bertz CT molecular complexity index is 607. The van der Waals surface area contributed by atoms with E-state index in [9.17, 15) is 9.59 Å². The number of carbonyl (C=O) groups excluding carboxylic acids is 1. The minimum Gasteiger partial charge on any atom is -0.476 e. The Morgan fingerprint density at radius 2 is 2.06 bits per heavy atom. The van der Waals surface area contributed by atoms with Gasteiger partial charge in [0.2, 0.25) is 5.76 Å². The molecule has 0 bridgehead atoms. The lowest BCUT2D eigenvalue weighted by atomic mass is 10.3. The van der Waals surface area contributed by atoms with Crippen molar-refractivity contribution in [2.45, 2.75) is 6.92 Å². The summed E-state index contributed by atoms with van der Waals surface area (Å²) in [6.45, 7) is 1.66. The Morgan fingerprint density at radius 1 is 1.33 bits per heavy atom. The smallest absolute Gasteiger partial charge is 0.358 e. The molecule has 2 aromatic heterocycles. The molecule has 2 aromatic rings. The molecular weight excluding hydrogens is 240 g/mol. The third-order valence-corrected chi connectivity index (χ3v) is 1.98. The van der Waals surface area contributed by atoms with Gasteiger partial charge >= 0.3 is 5.97 Å². The van der Waals surface area contributed by atoms with E-state index in [0.717, 1.165) is 0 Å². The second kappa shape index (κ2) is 4.62. The molecule has 8 heteroatoms. The number of carboxylic acids is 1. The van der Waals surface area contributed by atoms with Crippen LogP contribution in [0.4, 0.5) is 5.82 Å². The number of rotatable bonds is 3. The molecule has 0 saturated carbocycles. The maximum absolute atomic E-state index is 11.7. The van der Waals surface area contributed by atoms with Crippen LogP contribution in [0.25, 0.3) is 0 Å². The van der Waals surface area contributed by atoms with Crippen LogP contribution in [-0.2, 0) is 0 Å². The summed E-state index contributed by atoms with van der Waals surface area (Å²) in [5.74, 6) is -2.11. The van der Waals surface area contributed by atoms with Gasteiger partial charge in [0, 0.05) is 18.5 Å². The van der Waals surface area contributed by atoms with Gasteiger partial charge in [0.25, 0.3) is 5.91 Å². The van der Waals surface area contributed by atoms with Crippen molar-refractivity contribution >= 4 is 17.7 Å². The predicted octanol–water partition coefficient (Wildman–Crippen LogP) is 0.724. The topological polar surface area (TPSA) is 118 Å². The predicted molar refractivity (Wildman–Crippen MR) is 58.2 cm³/mol. The standard InChI is InChI=1S/C10H8N4O4/c1-5-4-6(18-14-5)9(15)13-8-7(10(16)17)11-2-3-12-8/h2-4H,1H3,(H,16,17)(H,12,13,15). The number of carbonyl (C=O) groups is 2. The minimum absolute atomic E-state index is 0.0329. The second-order valence-corrected chi connectivity index (χ2v) is 3.35. The van der Waals surface area contributed by atoms with E-state index in [-0.39, 0.29) is 17.3 Å². The molecule has 0 aliphatic carbocycles. The maximum Gasteiger partial charge on any atom is 0.358 e. The molecular formula is C10H8N4O4. The zero-order valence-corrected chi connectivity index (χ0v) is 9.25. The maximum atomic E-state index is 11.7. The fraction of sp³-hybridized carbons (Fsp3) is 0.100. The number of hydrogen-bond donors (Lipinski definition) is 2. The Balaban J connectivity index is 2.24. The number of amides is 1. The molecule has 0 atom stereocenters. The quantitative estimate of drug-likeness (QED) is 0.821. The summed E-state index contributed by atoms with van der Waals surface area (Å²) in [5, 5.41) is 14.7. The van der Waals surface area contributed by atoms with Crippen LogP contribution < -0.4 is 5.32 Å². The molecule has 1 amide bonds. The SMILES string of the molecule is Cc1cc(C(=O)Nc2nccnc2C(=O)O)on1. The Kier molecular flexibility index (Phi) is 3.00. The first-order chi connectivity index (χ1) is 8.58. The van der Waals surface area contributed by atoms with E-state index in [1.54, 1.807) is 6.92 Å². The summed E-state index contributed by atoms with van der Waals surface area (Å²) in [6.07, 6.45) is 2.49. The van der Waals surface area contributed by atoms with Crippen LogP contribution in [0.5, 0.6) is 0 Å². The first kappa shape index (κ1) is 11.7. The van der Waals surface area contributed by atoms with Crippen molar-refractivity contribution < 1.29 is 19.2 Å². The highest BCUT2D eigenvalue weighted by Gasteiger charge is 2.18. The zero-order chi connectivity index (χ0) is 13.1. The van der Waals surface area contributed by atoms with Crippen molar-refractivity contribution in [1.29, 1.82) is 0 Å². The van der Waals surface area contributed by atoms with Crippen molar-refractivity contribution in [2.75, 3.05) is 5.32 Å². The Morgan fingerprint density at radius 3 is 2.67 bits per heavy atom. The summed E-state index contributed by atoms with van der Waals surface area (Å²) >= 11 is 0. The van der Waals surface area contributed by atoms with Crippen molar-refractivity contribution in [3.8, 4) is 0 Å². The van der Waals surface area contributed by atoms with Crippen molar-refractivity contribution in [1.82, 2.24) is 15.1 Å². The molecule has 18 heavy (non-hydrogen) atoms. The van der Waals surface area contributed by atoms with Gasteiger partial charge in [-0.15, -0.1) is 0 Å². The summed E-state index contributed by atoms with van der Waals surface area (Å²) in [7, 11) is 0. The molecule has 0 saturated heterocycles. The molecule has 8 nitrogen and oxygen atoms in total. The largest absolute Gasteiger partial charge is 0.476 e. The van der Waals surface area contributed by atoms with Crippen LogP contribution in [0.2, 0.25) is 0 Å². The van der Waals surface area contributed by atoms with Gasteiger partial charge in [-0.05, 0) is 6.92 Å². The number of aromatic nitrogens is 3.